The molecule has 1 fully saturated rings. The quantitative estimate of drug-likeness (QED) is 0.619. The van der Waals surface area contributed by atoms with Crippen molar-refractivity contribution >= 4 is 57.8 Å². The van der Waals surface area contributed by atoms with Gasteiger partial charge in [0.25, 0.3) is 11.8 Å². The summed E-state index contributed by atoms with van der Waals surface area (Å²) in [6.07, 6.45) is 1.64. The zero-order valence-corrected chi connectivity index (χ0v) is 15.0. The molecule has 0 spiro atoms. The number of thiocarbonyl (C=S) groups is 1. The van der Waals surface area contributed by atoms with E-state index in [2.05, 4.69) is 5.43 Å². The molecule has 2 aromatic carbocycles. The number of halogens is 1. The topological polar surface area (TPSA) is 69.6 Å². The molecule has 2 N–H and O–H groups in total. The number of carbonyl (C=O) groups excluding carboxylic acids is 2. The fourth-order valence-corrected chi connectivity index (χ4v) is 3.49. The molecule has 0 atom stereocenters. The lowest BCUT2D eigenvalue weighted by Gasteiger charge is -2.16. The summed E-state index contributed by atoms with van der Waals surface area (Å²) in [5, 5.41) is 10.6. The van der Waals surface area contributed by atoms with E-state index in [9.17, 15) is 14.7 Å². The van der Waals surface area contributed by atoms with Gasteiger partial charge in [-0.25, -0.2) is 0 Å². The number of phenols is 1. The summed E-state index contributed by atoms with van der Waals surface area (Å²) in [5.74, 6) is -0.812. The highest BCUT2D eigenvalue weighted by molar-refractivity contribution is 8.26. The molecule has 25 heavy (non-hydrogen) atoms. The monoisotopic (exact) mass is 390 g/mol. The molecule has 8 heteroatoms. The second-order valence-electron chi connectivity index (χ2n) is 5.03. The van der Waals surface area contributed by atoms with Crippen LogP contribution in [0.15, 0.2) is 53.4 Å². The summed E-state index contributed by atoms with van der Waals surface area (Å²) >= 11 is 12.2. The van der Waals surface area contributed by atoms with Gasteiger partial charge in [0, 0.05) is 0 Å². The molecule has 3 rings (SSSR count). The third kappa shape index (κ3) is 3.84. The smallest absolute Gasteiger partial charge is 0.285 e. The van der Waals surface area contributed by atoms with E-state index in [4.69, 9.17) is 23.8 Å². The molecule has 0 aliphatic carbocycles. The highest BCUT2D eigenvalue weighted by Crippen LogP contribution is 2.31. The first-order chi connectivity index (χ1) is 12.0. The highest BCUT2D eigenvalue weighted by atomic mass is 35.5. The minimum absolute atomic E-state index is 0.136. The van der Waals surface area contributed by atoms with E-state index in [1.54, 1.807) is 42.5 Å². The summed E-state index contributed by atoms with van der Waals surface area (Å²) in [5.41, 5.74) is 3.46. The Labute approximate surface area is 158 Å². The number of hydrogen-bond donors (Lipinski definition) is 2. The van der Waals surface area contributed by atoms with E-state index in [1.807, 2.05) is 0 Å². The third-order valence-corrected chi connectivity index (χ3v) is 4.95. The maximum Gasteiger partial charge on any atom is 0.285 e. The number of benzene rings is 2. The van der Waals surface area contributed by atoms with Crippen molar-refractivity contribution in [2.75, 3.05) is 0 Å². The van der Waals surface area contributed by atoms with Crippen LogP contribution in [0.1, 0.15) is 15.9 Å². The van der Waals surface area contributed by atoms with Gasteiger partial charge < -0.3 is 5.11 Å². The second kappa shape index (κ2) is 7.26. The molecule has 126 valence electrons. The molecule has 0 bridgehead atoms. The summed E-state index contributed by atoms with van der Waals surface area (Å²) in [6.45, 7) is 0. The average Bonchev–Trinajstić information content (AvgIpc) is 2.85. The Balaban J connectivity index is 1.79. The van der Waals surface area contributed by atoms with E-state index in [0.717, 1.165) is 22.3 Å². The van der Waals surface area contributed by atoms with Gasteiger partial charge in [-0.2, -0.15) is 5.01 Å². The molecule has 1 heterocycles. The molecule has 0 aromatic heterocycles. The molecule has 1 aliphatic heterocycles. The summed E-state index contributed by atoms with van der Waals surface area (Å²) in [6, 6.07) is 12.9. The van der Waals surface area contributed by atoms with Crippen LogP contribution in [0.2, 0.25) is 5.02 Å². The zero-order valence-electron chi connectivity index (χ0n) is 12.6. The van der Waals surface area contributed by atoms with Crippen LogP contribution in [0.5, 0.6) is 5.75 Å². The Morgan fingerprint density at radius 1 is 1.20 bits per heavy atom. The SMILES string of the molecule is O=C(NN1C(=O)/C(=C/c2ccc(O)cc2)SC1=S)c1ccccc1Cl. The summed E-state index contributed by atoms with van der Waals surface area (Å²) in [7, 11) is 0. The maximum absolute atomic E-state index is 12.5. The van der Waals surface area contributed by atoms with Crippen LogP contribution in [0, 0.1) is 0 Å². The van der Waals surface area contributed by atoms with E-state index in [0.29, 0.717) is 4.91 Å². The number of nitrogens with zero attached hydrogens (tertiary/aromatic N) is 1. The van der Waals surface area contributed by atoms with Crippen LogP contribution < -0.4 is 5.43 Å². The number of nitrogens with one attached hydrogen (secondary N) is 1. The first-order valence-corrected chi connectivity index (χ1v) is 8.68. The Kier molecular flexibility index (Phi) is 5.08. The van der Waals surface area contributed by atoms with Crippen molar-refractivity contribution in [2.45, 2.75) is 0 Å². The number of carbonyl (C=O) groups is 2. The van der Waals surface area contributed by atoms with Gasteiger partial charge in [-0.3, -0.25) is 15.0 Å². The lowest BCUT2D eigenvalue weighted by molar-refractivity contribution is -0.123. The lowest BCUT2D eigenvalue weighted by atomic mass is 10.2. The molecule has 0 radical (unpaired) electrons. The van der Waals surface area contributed by atoms with E-state index in [1.165, 1.54) is 12.1 Å². The number of phenolic OH excluding ortho intramolecular Hbond substituents is 1. The van der Waals surface area contributed by atoms with Gasteiger partial charge in [-0.05, 0) is 48.1 Å². The third-order valence-electron chi connectivity index (χ3n) is 3.32. The van der Waals surface area contributed by atoms with Crippen LogP contribution in [-0.2, 0) is 4.79 Å². The lowest BCUT2D eigenvalue weighted by Crippen LogP contribution is -2.44. The van der Waals surface area contributed by atoms with Gasteiger partial charge in [0.1, 0.15) is 5.75 Å². The second-order valence-corrected chi connectivity index (χ2v) is 7.11. The maximum atomic E-state index is 12.5. The number of amides is 2. The average molecular weight is 391 g/mol. The predicted molar refractivity (Wildman–Crippen MR) is 102 cm³/mol. The van der Waals surface area contributed by atoms with Crippen LogP contribution in [0.25, 0.3) is 6.08 Å². The van der Waals surface area contributed by atoms with Gasteiger partial charge in [0.15, 0.2) is 4.32 Å². The molecule has 0 unspecified atom stereocenters. The number of rotatable bonds is 3. The molecular formula is C17H11ClN2O3S2. The van der Waals surface area contributed by atoms with Crippen LogP contribution in [0.4, 0.5) is 0 Å². The van der Waals surface area contributed by atoms with Gasteiger partial charge in [0.05, 0.1) is 15.5 Å². The van der Waals surface area contributed by atoms with Gasteiger partial charge >= 0.3 is 0 Å². The number of hydrazine groups is 1. The number of aromatic hydroxyl groups is 1. The summed E-state index contributed by atoms with van der Waals surface area (Å²) < 4.78 is 0.218. The molecular weight excluding hydrogens is 380 g/mol. The van der Waals surface area contributed by atoms with Crippen molar-refractivity contribution in [1.82, 2.24) is 10.4 Å². The molecule has 1 saturated heterocycles. The van der Waals surface area contributed by atoms with Gasteiger partial charge in [-0.15, -0.1) is 0 Å². The first-order valence-electron chi connectivity index (χ1n) is 7.08. The Morgan fingerprint density at radius 3 is 2.56 bits per heavy atom. The van der Waals surface area contributed by atoms with Crippen LogP contribution in [0.3, 0.4) is 0 Å². The number of thioether (sulfide) groups is 1. The normalized spacial score (nSPS) is 15.7. The van der Waals surface area contributed by atoms with Crippen molar-refractivity contribution in [1.29, 1.82) is 0 Å². The molecule has 5 nitrogen and oxygen atoms in total. The van der Waals surface area contributed by atoms with Crippen molar-refractivity contribution in [3.8, 4) is 5.75 Å². The van der Waals surface area contributed by atoms with E-state index in [-0.39, 0.29) is 20.7 Å². The minimum Gasteiger partial charge on any atom is -0.508 e. The minimum atomic E-state index is -0.521. The Morgan fingerprint density at radius 2 is 1.88 bits per heavy atom. The van der Waals surface area contributed by atoms with Gasteiger partial charge in [-0.1, -0.05) is 47.6 Å². The fraction of sp³-hybridized carbons (Fsp3) is 0. The number of hydrogen-bond acceptors (Lipinski definition) is 5. The first kappa shape index (κ1) is 17.5. The van der Waals surface area contributed by atoms with Gasteiger partial charge in [0.2, 0.25) is 0 Å². The largest absolute Gasteiger partial charge is 0.508 e. The molecule has 1 aliphatic rings. The van der Waals surface area contributed by atoms with Crippen molar-refractivity contribution in [2.24, 2.45) is 0 Å². The molecule has 2 aromatic rings. The zero-order chi connectivity index (χ0) is 18.0. The van der Waals surface area contributed by atoms with Crippen molar-refractivity contribution in [3.63, 3.8) is 0 Å². The highest BCUT2D eigenvalue weighted by Gasteiger charge is 2.34. The Bertz CT molecular complexity index is 897. The molecule has 0 saturated carbocycles. The van der Waals surface area contributed by atoms with Crippen molar-refractivity contribution in [3.05, 3.63) is 69.6 Å². The van der Waals surface area contributed by atoms with E-state index >= 15 is 0 Å². The fourth-order valence-electron chi connectivity index (χ4n) is 2.09. The molecule has 2 amide bonds. The van der Waals surface area contributed by atoms with E-state index < -0.39 is 11.8 Å². The summed E-state index contributed by atoms with van der Waals surface area (Å²) in [4.78, 5) is 25.2. The predicted octanol–water partition coefficient (Wildman–Crippen LogP) is 3.59. The van der Waals surface area contributed by atoms with Crippen molar-refractivity contribution < 1.29 is 14.7 Å². The van der Waals surface area contributed by atoms with Crippen LogP contribution >= 0.6 is 35.6 Å². The standard InChI is InChI=1S/C17H11ClN2O3S2/c18-13-4-2-1-3-12(13)15(22)19-20-16(23)14(25-17(20)24)9-10-5-7-11(21)8-6-10/h1-9,21H,(H,19,22)/b14-9-. The van der Waals surface area contributed by atoms with Crippen LogP contribution in [-0.4, -0.2) is 26.3 Å². The Hall–Kier alpha value is -2.35.